The summed E-state index contributed by atoms with van der Waals surface area (Å²) in [6.45, 7) is 2.99. The minimum atomic E-state index is -0.541. The Hall–Kier alpha value is -1.04. The Kier molecular flexibility index (Phi) is 5.46. The third-order valence-electron chi connectivity index (χ3n) is 3.65. The molecule has 1 aliphatic heterocycles. The van der Waals surface area contributed by atoms with E-state index in [1.807, 2.05) is 14.1 Å². The van der Waals surface area contributed by atoms with E-state index in [0.29, 0.717) is 18.7 Å². The second kappa shape index (κ2) is 7.11. The molecule has 0 bridgehead atoms. The summed E-state index contributed by atoms with van der Waals surface area (Å²) in [6.07, 6.45) is 0.714. The lowest BCUT2D eigenvalue weighted by molar-refractivity contribution is 0.00739. The first-order chi connectivity index (χ1) is 9.58. The summed E-state index contributed by atoms with van der Waals surface area (Å²) in [5, 5.41) is 3.27. The van der Waals surface area contributed by atoms with E-state index in [2.05, 4.69) is 10.2 Å². The van der Waals surface area contributed by atoms with Crippen molar-refractivity contribution in [2.75, 3.05) is 40.3 Å². The van der Waals surface area contributed by atoms with Crippen LogP contribution >= 0.6 is 0 Å². The standard InChI is InChI=1S/C15H22F2N2O/c1-19(2)7-5-13(15-10-18-6-8-20-15)12-4-3-11(16)9-14(12)17/h3-4,9,13,15,18H,5-8,10H2,1-2H3. The Labute approximate surface area is 118 Å². The maximum absolute atomic E-state index is 14.1. The molecule has 112 valence electrons. The lowest BCUT2D eigenvalue weighted by Crippen LogP contribution is -2.42. The van der Waals surface area contributed by atoms with E-state index in [0.717, 1.165) is 25.6 Å². The number of nitrogens with one attached hydrogen (secondary N) is 1. The van der Waals surface area contributed by atoms with E-state index >= 15 is 0 Å². The van der Waals surface area contributed by atoms with E-state index in [-0.39, 0.29) is 12.0 Å². The number of nitrogens with zero attached hydrogens (tertiary/aromatic N) is 1. The van der Waals surface area contributed by atoms with Crippen LogP contribution in [0, 0.1) is 11.6 Å². The quantitative estimate of drug-likeness (QED) is 0.895. The molecule has 2 rings (SSSR count). The number of ether oxygens (including phenoxy) is 1. The zero-order valence-electron chi connectivity index (χ0n) is 12.0. The van der Waals surface area contributed by atoms with Gasteiger partial charge in [-0.3, -0.25) is 0 Å². The molecule has 20 heavy (non-hydrogen) atoms. The third kappa shape index (κ3) is 3.98. The minimum Gasteiger partial charge on any atom is -0.375 e. The average molecular weight is 284 g/mol. The van der Waals surface area contributed by atoms with Crippen LogP contribution in [0.4, 0.5) is 8.78 Å². The van der Waals surface area contributed by atoms with E-state index in [1.54, 1.807) is 6.07 Å². The van der Waals surface area contributed by atoms with Crippen LogP contribution in [0.25, 0.3) is 0 Å². The van der Waals surface area contributed by atoms with Crippen LogP contribution in [0.15, 0.2) is 18.2 Å². The molecule has 0 saturated carbocycles. The predicted molar refractivity (Wildman–Crippen MR) is 74.9 cm³/mol. The second-order valence-electron chi connectivity index (χ2n) is 5.48. The number of benzene rings is 1. The van der Waals surface area contributed by atoms with Gasteiger partial charge in [-0.05, 0) is 38.7 Å². The van der Waals surface area contributed by atoms with Crippen molar-refractivity contribution >= 4 is 0 Å². The van der Waals surface area contributed by atoms with Crippen LogP contribution in [0.1, 0.15) is 17.9 Å². The Morgan fingerprint density at radius 1 is 1.40 bits per heavy atom. The Balaban J connectivity index is 2.19. The van der Waals surface area contributed by atoms with Gasteiger partial charge >= 0.3 is 0 Å². The van der Waals surface area contributed by atoms with Crippen molar-refractivity contribution in [1.29, 1.82) is 0 Å². The van der Waals surface area contributed by atoms with Crippen molar-refractivity contribution in [3.63, 3.8) is 0 Å². The molecule has 1 aliphatic rings. The molecule has 0 radical (unpaired) electrons. The number of morpholine rings is 1. The van der Waals surface area contributed by atoms with Gasteiger partial charge in [0.2, 0.25) is 0 Å². The number of halogens is 2. The highest BCUT2D eigenvalue weighted by Crippen LogP contribution is 2.29. The normalized spacial score (nSPS) is 21.1. The third-order valence-corrected chi connectivity index (χ3v) is 3.65. The smallest absolute Gasteiger partial charge is 0.129 e. The Bertz CT molecular complexity index is 434. The van der Waals surface area contributed by atoms with Gasteiger partial charge in [0, 0.05) is 25.1 Å². The minimum absolute atomic E-state index is 0.0641. The molecule has 2 unspecified atom stereocenters. The fourth-order valence-corrected chi connectivity index (χ4v) is 2.59. The molecule has 1 fully saturated rings. The van der Waals surface area contributed by atoms with Crippen LogP contribution in [0.5, 0.6) is 0 Å². The molecule has 0 spiro atoms. The predicted octanol–water partition coefficient (Wildman–Crippen LogP) is 1.99. The molecule has 1 aromatic rings. The maximum atomic E-state index is 14.1. The molecule has 1 saturated heterocycles. The van der Waals surface area contributed by atoms with Gasteiger partial charge in [-0.15, -0.1) is 0 Å². The van der Waals surface area contributed by atoms with Gasteiger partial charge in [0.05, 0.1) is 12.7 Å². The van der Waals surface area contributed by atoms with Crippen molar-refractivity contribution in [2.24, 2.45) is 0 Å². The largest absolute Gasteiger partial charge is 0.375 e. The SMILES string of the molecule is CN(C)CCC(c1ccc(F)cc1F)C1CNCCO1. The first-order valence-electron chi connectivity index (χ1n) is 7.00. The summed E-state index contributed by atoms with van der Waals surface area (Å²) in [5.74, 6) is -1.09. The van der Waals surface area contributed by atoms with Crippen molar-refractivity contribution < 1.29 is 13.5 Å². The summed E-state index contributed by atoms with van der Waals surface area (Å²) >= 11 is 0. The lowest BCUT2D eigenvalue weighted by atomic mass is 9.89. The maximum Gasteiger partial charge on any atom is 0.129 e. The summed E-state index contributed by atoms with van der Waals surface area (Å²) in [4.78, 5) is 2.06. The molecule has 5 heteroatoms. The van der Waals surface area contributed by atoms with Crippen LogP contribution in [0.3, 0.4) is 0 Å². The van der Waals surface area contributed by atoms with Gasteiger partial charge in [-0.25, -0.2) is 8.78 Å². The monoisotopic (exact) mass is 284 g/mol. The highest BCUT2D eigenvalue weighted by Gasteiger charge is 2.28. The van der Waals surface area contributed by atoms with Crippen molar-refractivity contribution in [3.05, 3.63) is 35.4 Å². The highest BCUT2D eigenvalue weighted by molar-refractivity contribution is 5.24. The molecule has 1 N–H and O–H groups in total. The first kappa shape index (κ1) is 15.4. The van der Waals surface area contributed by atoms with Gasteiger partial charge in [-0.2, -0.15) is 0 Å². The number of hydrogen-bond acceptors (Lipinski definition) is 3. The van der Waals surface area contributed by atoms with Gasteiger partial charge in [0.15, 0.2) is 0 Å². The molecular weight excluding hydrogens is 262 g/mol. The van der Waals surface area contributed by atoms with E-state index < -0.39 is 11.6 Å². The number of hydrogen-bond donors (Lipinski definition) is 1. The lowest BCUT2D eigenvalue weighted by Gasteiger charge is -2.32. The van der Waals surface area contributed by atoms with Crippen LogP contribution < -0.4 is 5.32 Å². The molecule has 0 aliphatic carbocycles. The summed E-state index contributed by atoms with van der Waals surface area (Å²) in [6, 6.07) is 3.81. The molecule has 1 heterocycles. The average Bonchev–Trinajstić information content (AvgIpc) is 2.42. The molecule has 0 aromatic heterocycles. The zero-order chi connectivity index (χ0) is 14.5. The van der Waals surface area contributed by atoms with Crippen molar-refractivity contribution in [3.8, 4) is 0 Å². The van der Waals surface area contributed by atoms with Crippen LogP contribution in [-0.2, 0) is 4.74 Å². The van der Waals surface area contributed by atoms with Crippen molar-refractivity contribution in [2.45, 2.75) is 18.4 Å². The van der Waals surface area contributed by atoms with E-state index in [9.17, 15) is 8.78 Å². The molecule has 2 atom stereocenters. The summed E-state index contributed by atoms with van der Waals surface area (Å²) in [7, 11) is 3.97. The summed E-state index contributed by atoms with van der Waals surface area (Å²) < 4.78 is 32.9. The number of rotatable bonds is 5. The fraction of sp³-hybridized carbons (Fsp3) is 0.600. The highest BCUT2D eigenvalue weighted by atomic mass is 19.1. The van der Waals surface area contributed by atoms with Gasteiger partial charge in [0.1, 0.15) is 11.6 Å². The molecular formula is C15H22F2N2O. The Morgan fingerprint density at radius 2 is 2.20 bits per heavy atom. The summed E-state index contributed by atoms with van der Waals surface area (Å²) in [5.41, 5.74) is 0.543. The fourth-order valence-electron chi connectivity index (χ4n) is 2.59. The topological polar surface area (TPSA) is 24.5 Å². The molecule has 0 amide bonds. The van der Waals surface area contributed by atoms with Crippen LogP contribution in [0.2, 0.25) is 0 Å². The van der Waals surface area contributed by atoms with E-state index in [1.165, 1.54) is 6.07 Å². The van der Waals surface area contributed by atoms with Gasteiger partial charge < -0.3 is 15.0 Å². The van der Waals surface area contributed by atoms with Crippen molar-refractivity contribution in [1.82, 2.24) is 10.2 Å². The van der Waals surface area contributed by atoms with Gasteiger partial charge in [0.25, 0.3) is 0 Å². The van der Waals surface area contributed by atoms with Crippen LogP contribution in [-0.4, -0.2) is 51.3 Å². The zero-order valence-corrected chi connectivity index (χ0v) is 12.0. The molecule has 3 nitrogen and oxygen atoms in total. The second-order valence-corrected chi connectivity index (χ2v) is 5.48. The van der Waals surface area contributed by atoms with E-state index in [4.69, 9.17) is 4.74 Å². The molecule has 1 aromatic carbocycles. The van der Waals surface area contributed by atoms with Gasteiger partial charge in [-0.1, -0.05) is 6.07 Å². The Morgan fingerprint density at radius 3 is 2.80 bits per heavy atom. The first-order valence-corrected chi connectivity index (χ1v) is 7.00.